The van der Waals surface area contributed by atoms with Gasteiger partial charge in [-0.3, -0.25) is 0 Å². The van der Waals surface area contributed by atoms with E-state index >= 15 is 0 Å². The van der Waals surface area contributed by atoms with Gasteiger partial charge in [-0.1, -0.05) is 30.3 Å². The number of para-hydroxylation sites is 1. The summed E-state index contributed by atoms with van der Waals surface area (Å²) in [4.78, 5) is 0. The summed E-state index contributed by atoms with van der Waals surface area (Å²) in [6.45, 7) is 0. The van der Waals surface area contributed by atoms with Crippen molar-refractivity contribution in [2.45, 2.75) is 0 Å². The predicted molar refractivity (Wildman–Crippen MR) is 80.3 cm³/mol. The van der Waals surface area contributed by atoms with Crippen LogP contribution < -0.4 is 10.5 Å². The summed E-state index contributed by atoms with van der Waals surface area (Å²) in [7, 11) is 1.64. The van der Waals surface area contributed by atoms with Crippen molar-refractivity contribution in [3.8, 4) is 16.9 Å². The fourth-order valence-electron chi connectivity index (χ4n) is 2.31. The number of hydrogen-bond acceptors (Lipinski definition) is 2. The van der Waals surface area contributed by atoms with E-state index in [-0.39, 0.29) is 5.69 Å². The molecule has 0 bridgehead atoms. The van der Waals surface area contributed by atoms with Crippen LogP contribution in [0.5, 0.6) is 5.75 Å². The Hall–Kier alpha value is -2.55. The third-order valence-electron chi connectivity index (χ3n) is 3.41. The van der Waals surface area contributed by atoms with E-state index in [0.717, 1.165) is 22.1 Å². The minimum absolute atomic E-state index is 0.181. The highest BCUT2D eigenvalue weighted by molar-refractivity contribution is 5.90. The molecule has 3 rings (SSSR count). The lowest BCUT2D eigenvalue weighted by atomic mass is 10.00. The second-order valence-electron chi connectivity index (χ2n) is 4.63. The second-order valence-corrected chi connectivity index (χ2v) is 4.63. The van der Waals surface area contributed by atoms with Gasteiger partial charge in [-0.15, -0.1) is 0 Å². The minimum Gasteiger partial charge on any atom is -0.497 e. The van der Waals surface area contributed by atoms with Crippen LogP contribution in [-0.2, 0) is 0 Å². The molecule has 20 heavy (non-hydrogen) atoms. The van der Waals surface area contributed by atoms with Gasteiger partial charge in [0.1, 0.15) is 11.6 Å². The van der Waals surface area contributed by atoms with Crippen LogP contribution in [-0.4, -0.2) is 7.11 Å². The third-order valence-corrected chi connectivity index (χ3v) is 3.41. The molecule has 3 heteroatoms. The molecular formula is C17H14FNO. The molecule has 0 saturated carbocycles. The fraction of sp³-hybridized carbons (Fsp3) is 0.0588. The molecule has 0 heterocycles. The summed E-state index contributed by atoms with van der Waals surface area (Å²) in [5.41, 5.74) is 7.60. The van der Waals surface area contributed by atoms with E-state index < -0.39 is 5.82 Å². The Morgan fingerprint density at radius 2 is 1.70 bits per heavy atom. The Labute approximate surface area is 116 Å². The number of nitrogen functional groups attached to an aromatic ring is 1. The zero-order chi connectivity index (χ0) is 14.1. The predicted octanol–water partition coefficient (Wildman–Crippen LogP) is 4.24. The van der Waals surface area contributed by atoms with Gasteiger partial charge in [-0.05, 0) is 40.6 Å². The molecular weight excluding hydrogens is 253 g/mol. The lowest BCUT2D eigenvalue weighted by molar-refractivity contribution is 0.415. The first-order chi connectivity index (χ1) is 9.69. The number of anilines is 1. The monoisotopic (exact) mass is 267 g/mol. The van der Waals surface area contributed by atoms with Gasteiger partial charge in [0.2, 0.25) is 0 Å². The van der Waals surface area contributed by atoms with Crippen molar-refractivity contribution in [2.24, 2.45) is 0 Å². The van der Waals surface area contributed by atoms with E-state index in [1.165, 1.54) is 6.07 Å². The summed E-state index contributed by atoms with van der Waals surface area (Å²) in [6.07, 6.45) is 0. The molecule has 2 N–H and O–H groups in total. The Balaban J connectivity index is 2.16. The average Bonchev–Trinajstić information content (AvgIpc) is 2.49. The molecule has 0 amide bonds. The van der Waals surface area contributed by atoms with E-state index in [9.17, 15) is 4.39 Å². The van der Waals surface area contributed by atoms with Crippen molar-refractivity contribution in [3.63, 3.8) is 0 Å². The highest BCUT2D eigenvalue weighted by atomic mass is 19.1. The lowest BCUT2D eigenvalue weighted by Crippen LogP contribution is -1.94. The first-order valence-electron chi connectivity index (χ1n) is 6.31. The molecule has 0 radical (unpaired) electrons. The number of ether oxygens (including phenoxy) is 1. The Morgan fingerprint density at radius 1 is 0.950 bits per heavy atom. The molecule has 0 aromatic heterocycles. The first-order valence-corrected chi connectivity index (χ1v) is 6.31. The van der Waals surface area contributed by atoms with Gasteiger partial charge in [0, 0.05) is 5.56 Å². The molecule has 2 nitrogen and oxygen atoms in total. The maximum absolute atomic E-state index is 13.5. The maximum atomic E-state index is 13.5. The molecule has 0 unspecified atom stereocenters. The maximum Gasteiger partial charge on any atom is 0.146 e. The van der Waals surface area contributed by atoms with Gasteiger partial charge in [0.05, 0.1) is 12.8 Å². The van der Waals surface area contributed by atoms with Crippen LogP contribution in [0.15, 0.2) is 54.6 Å². The summed E-state index contributed by atoms with van der Waals surface area (Å²) in [6, 6.07) is 16.6. The van der Waals surface area contributed by atoms with Crippen LogP contribution in [0.25, 0.3) is 21.9 Å². The summed E-state index contributed by atoms with van der Waals surface area (Å²) in [5.74, 6) is 0.424. The van der Waals surface area contributed by atoms with Gasteiger partial charge in [-0.2, -0.15) is 0 Å². The molecule has 0 atom stereocenters. The Morgan fingerprint density at radius 3 is 2.50 bits per heavy atom. The molecule has 3 aromatic rings. The van der Waals surface area contributed by atoms with E-state index in [0.29, 0.717) is 5.56 Å². The SMILES string of the molecule is COc1ccc2cc(-c3cccc(F)c3N)ccc2c1. The molecule has 0 aliphatic heterocycles. The minimum atomic E-state index is -0.391. The van der Waals surface area contributed by atoms with Crippen LogP contribution in [0.3, 0.4) is 0 Å². The average molecular weight is 267 g/mol. The van der Waals surface area contributed by atoms with E-state index in [1.807, 2.05) is 42.5 Å². The quantitative estimate of drug-likeness (QED) is 0.705. The summed E-state index contributed by atoms with van der Waals surface area (Å²) < 4.78 is 18.7. The van der Waals surface area contributed by atoms with Gasteiger partial charge in [-0.25, -0.2) is 4.39 Å². The van der Waals surface area contributed by atoms with E-state index in [1.54, 1.807) is 13.2 Å². The lowest BCUT2D eigenvalue weighted by Gasteiger charge is -2.09. The van der Waals surface area contributed by atoms with Crippen molar-refractivity contribution in [3.05, 3.63) is 60.4 Å². The Bertz CT molecular complexity index is 783. The number of nitrogens with two attached hydrogens (primary N) is 1. The Kier molecular flexibility index (Phi) is 3.03. The number of benzene rings is 3. The van der Waals surface area contributed by atoms with Gasteiger partial charge in [0.25, 0.3) is 0 Å². The third kappa shape index (κ3) is 2.07. The summed E-state index contributed by atoms with van der Waals surface area (Å²) in [5, 5.41) is 2.13. The van der Waals surface area contributed by atoms with Gasteiger partial charge in [0.15, 0.2) is 0 Å². The van der Waals surface area contributed by atoms with Crippen LogP contribution in [0, 0.1) is 5.82 Å². The van der Waals surface area contributed by atoms with Crippen LogP contribution in [0.2, 0.25) is 0 Å². The molecule has 3 aromatic carbocycles. The molecule has 100 valence electrons. The first kappa shape index (κ1) is 12.5. The van der Waals surface area contributed by atoms with Crippen molar-refractivity contribution < 1.29 is 9.13 Å². The zero-order valence-electron chi connectivity index (χ0n) is 11.1. The largest absolute Gasteiger partial charge is 0.497 e. The van der Waals surface area contributed by atoms with Crippen molar-refractivity contribution in [1.29, 1.82) is 0 Å². The van der Waals surface area contributed by atoms with Gasteiger partial charge < -0.3 is 10.5 Å². The molecule has 0 spiro atoms. The van der Waals surface area contributed by atoms with Crippen molar-refractivity contribution in [1.82, 2.24) is 0 Å². The van der Waals surface area contributed by atoms with Crippen LogP contribution >= 0.6 is 0 Å². The topological polar surface area (TPSA) is 35.2 Å². The standard InChI is InChI=1S/C17H14FNO/c1-20-14-8-7-11-9-13(6-5-12(11)10-14)15-3-2-4-16(18)17(15)19/h2-10H,19H2,1H3. The zero-order valence-corrected chi connectivity index (χ0v) is 11.1. The number of fused-ring (bicyclic) bond motifs is 1. The smallest absolute Gasteiger partial charge is 0.146 e. The van der Waals surface area contributed by atoms with E-state index in [2.05, 4.69) is 0 Å². The number of hydrogen-bond donors (Lipinski definition) is 1. The second kappa shape index (κ2) is 4.85. The van der Waals surface area contributed by atoms with E-state index in [4.69, 9.17) is 10.5 Å². The van der Waals surface area contributed by atoms with Crippen LogP contribution in [0.4, 0.5) is 10.1 Å². The van der Waals surface area contributed by atoms with Crippen molar-refractivity contribution in [2.75, 3.05) is 12.8 Å². The summed E-state index contributed by atoms with van der Waals surface area (Å²) >= 11 is 0. The number of methoxy groups -OCH3 is 1. The van der Waals surface area contributed by atoms with Crippen molar-refractivity contribution >= 4 is 16.5 Å². The normalized spacial score (nSPS) is 10.7. The number of halogens is 1. The van der Waals surface area contributed by atoms with Gasteiger partial charge >= 0.3 is 0 Å². The van der Waals surface area contributed by atoms with Crippen LogP contribution in [0.1, 0.15) is 0 Å². The molecule has 0 aliphatic rings. The fourth-order valence-corrected chi connectivity index (χ4v) is 2.31. The highest BCUT2D eigenvalue weighted by Crippen LogP contribution is 2.31. The number of rotatable bonds is 2. The molecule has 0 fully saturated rings. The molecule has 0 saturated heterocycles. The highest BCUT2D eigenvalue weighted by Gasteiger charge is 2.07. The molecule has 0 aliphatic carbocycles.